The summed E-state index contributed by atoms with van der Waals surface area (Å²) in [4.78, 5) is 28.2. The Morgan fingerprint density at radius 3 is 2.71 bits per heavy atom. The molecule has 3 heterocycles. The van der Waals surface area contributed by atoms with Gasteiger partial charge in [-0.3, -0.25) is 4.79 Å². The lowest BCUT2D eigenvalue weighted by Crippen LogP contribution is -2.42. The van der Waals surface area contributed by atoms with Crippen LogP contribution in [0.5, 0.6) is 0 Å². The largest absolute Gasteiger partial charge is 0.369 e. The molecule has 0 radical (unpaired) electrons. The lowest BCUT2D eigenvalue weighted by atomic mass is 10.0. The molecule has 0 saturated carbocycles. The summed E-state index contributed by atoms with van der Waals surface area (Å²) in [5.74, 6) is -0.561. The zero-order valence-electron chi connectivity index (χ0n) is 15.7. The standard InChI is InChI=1S/C20H21BrFN5O/c1-26(2)13-6-9-27(10-7-13)15-4-3-14-18(17(15)22)25-20(24-14)19(28)12-5-8-23-16(21)11-12/h3-5,8,11,13H,6-7,9-10H2,1-2H3,(H,24,25). The number of hydrogen-bond donors (Lipinski definition) is 1. The van der Waals surface area contributed by atoms with Gasteiger partial charge in [0.2, 0.25) is 5.78 Å². The number of aromatic amines is 1. The molecule has 3 aromatic rings. The summed E-state index contributed by atoms with van der Waals surface area (Å²) in [6.45, 7) is 1.60. The second-order valence-electron chi connectivity index (χ2n) is 7.26. The van der Waals surface area contributed by atoms with Gasteiger partial charge in [0.1, 0.15) is 10.1 Å². The van der Waals surface area contributed by atoms with Crippen molar-refractivity contribution in [2.24, 2.45) is 0 Å². The third kappa shape index (κ3) is 3.54. The number of H-pyrrole nitrogens is 1. The zero-order chi connectivity index (χ0) is 19.8. The van der Waals surface area contributed by atoms with Crippen LogP contribution in [0, 0.1) is 5.82 Å². The van der Waals surface area contributed by atoms with Crippen LogP contribution >= 0.6 is 15.9 Å². The molecule has 146 valence electrons. The number of anilines is 1. The molecule has 1 aliphatic rings. The molecule has 1 aliphatic heterocycles. The molecular formula is C20H21BrFN5O. The van der Waals surface area contributed by atoms with Gasteiger partial charge in [0, 0.05) is 30.9 Å². The van der Waals surface area contributed by atoms with E-state index in [0.717, 1.165) is 25.9 Å². The van der Waals surface area contributed by atoms with Gasteiger partial charge < -0.3 is 14.8 Å². The molecule has 0 unspecified atom stereocenters. The lowest BCUT2D eigenvalue weighted by Gasteiger charge is -2.36. The smallest absolute Gasteiger partial charge is 0.228 e. The molecule has 6 nitrogen and oxygen atoms in total. The molecule has 0 bridgehead atoms. The van der Waals surface area contributed by atoms with Gasteiger partial charge >= 0.3 is 0 Å². The maximum atomic E-state index is 15.2. The first-order valence-electron chi connectivity index (χ1n) is 9.20. The first kappa shape index (κ1) is 19.0. The van der Waals surface area contributed by atoms with Gasteiger partial charge in [0.25, 0.3) is 0 Å². The Morgan fingerprint density at radius 1 is 1.29 bits per heavy atom. The summed E-state index contributed by atoms with van der Waals surface area (Å²) < 4.78 is 15.7. The zero-order valence-corrected chi connectivity index (χ0v) is 17.3. The van der Waals surface area contributed by atoms with E-state index in [1.165, 1.54) is 6.20 Å². The number of nitrogens with one attached hydrogen (secondary N) is 1. The van der Waals surface area contributed by atoms with Crippen molar-refractivity contribution in [2.75, 3.05) is 32.1 Å². The fourth-order valence-corrected chi connectivity index (χ4v) is 4.05. The molecule has 8 heteroatoms. The van der Waals surface area contributed by atoms with Crippen LogP contribution in [0.25, 0.3) is 11.0 Å². The molecule has 1 aromatic carbocycles. The highest BCUT2D eigenvalue weighted by Crippen LogP contribution is 2.29. The topological polar surface area (TPSA) is 65.1 Å². The van der Waals surface area contributed by atoms with E-state index in [4.69, 9.17) is 0 Å². The summed E-state index contributed by atoms with van der Waals surface area (Å²) in [7, 11) is 4.16. The number of aromatic nitrogens is 3. The number of imidazole rings is 1. The number of piperidine rings is 1. The Hall–Kier alpha value is -2.32. The molecule has 0 aliphatic carbocycles. The molecule has 1 fully saturated rings. The van der Waals surface area contributed by atoms with E-state index in [1.54, 1.807) is 24.3 Å². The molecule has 1 saturated heterocycles. The Labute approximate surface area is 170 Å². The van der Waals surface area contributed by atoms with Gasteiger partial charge in [0.15, 0.2) is 11.6 Å². The van der Waals surface area contributed by atoms with Crippen molar-refractivity contribution in [3.8, 4) is 0 Å². The van der Waals surface area contributed by atoms with Crippen molar-refractivity contribution in [2.45, 2.75) is 18.9 Å². The van der Waals surface area contributed by atoms with Gasteiger partial charge in [-0.2, -0.15) is 0 Å². The minimum Gasteiger partial charge on any atom is -0.369 e. The molecule has 0 atom stereocenters. The highest BCUT2D eigenvalue weighted by atomic mass is 79.9. The van der Waals surface area contributed by atoms with Crippen molar-refractivity contribution < 1.29 is 9.18 Å². The first-order chi connectivity index (χ1) is 13.4. The number of halogens is 2. The molecule has 4 rings (SSSR count). The van der Waals surface area contributed by atoms with Crippen LogP contribution in [0.2, 0.25) is 0 Å². The normalized spacial score (nSPS) is 15.5. The number of nitrogens with zero attached hydrogens (tertiary/aromatic N) is 4. The Morgan fingerprint density at radius 2 is 2.04 bits per heavy atom. The number of ketones is 1. The van der Waals surface area contributed by atoms with Crippen LogP contribution in [0.3, 0.4) is 0 Å². The van der Waals surface area contributed by atoms with Crippen molar-refractivity contribution in [1.82, 2.24) is 19.9 Å². The Kier molecular flexibility index (Phi) is 5.16. The van der Waals surface area contributed by atoms with Gasteiger partial charge in [-0.25, -0.2) is 14.4 Å². The van der Waals surface area contributed by atoms with Crippen LogP contribution in [-0.2, 0) is 0 Å². The van der Waals surface area contributed by atoms with Crippen molar-refractivity contribution in [3.63, 3.8) is 0 Å². The minimum absolute atomic E-state index is 0.121. The molecule has 2 aromatic heterocycles. The van der Waals surface area contributed by atoms with Crippen LogP contribution < -0.4 is 4.90 Å². The summed E-state index contributed by atoms with van der Waals surface area (Å²) in [6.07, 6.45) is 3.52. The number of fused-ring (bicyclic) bond motifs is 1. The van der Waals surface area contributed by atoms with Gasteiger partial charge in [-0.1, -0.05) is 0 Å². The number of pyridine rings is 1. The van der Waals surface area contributed by atoms with Crippen molar-refractivity contribution in [1.29, 1.82) is 0 Å². The fourth-order valence-electron chi connectivity index (χ4n) is 3.69. The Bertz CT molecular complexity index is 1030. The van der Waals surface area contributed by atoms with Crippen LogP contribution in [-0.4, -0.2) is 58.9 Å². The van der Waals surface area contributed by atoms with E-state index in [1.807, 2.05) is 0 Å². The SMILES string of the molecule is CN(C)C1CCN(c2ccc3[nH]c(C(=O)c4ccnc(Br)c4)nc3c2F)CC1. The van der Waals surface area contributed by atoms with E-state index < -0.39 is 0 Å². The number of rotatable bonds is 4. The van der Waals surface area contributed by atoms with E-state index >= 15 is 4.39 Å². The number of carbonyl (C=O) groups is 1. The van der Waals surface area contributed by atoms with Crippen LogP contribution in [0.1, 0.15) is 29.0 Å². The Balaban J connectivity index is 1.63. The average molecular weight is 446 g/mol. The van der Waals surface area contributed by atoms with Gasteiger partial charge in [0.05, 0.1) is 11.2 Å². The van der Waals surface area contributed by atoms with Crippen molar-refractivity contribution >= 4 is 38.4 Å². The number of hydrogen-bond acceptors (Lipinski definition) is 5. The van der Waals surface area contributed by atoms with Crippen LogP contribution in [0.15, 0.2) is 35.1 Å². The number of benzene rings is 1. The summed E-state index contributed by atoms with van der Waals surface area (Å²) >= 11 is 3.25. The van der Waals surface area contributed by atoms with E-state index in [2.05, 4.69) is 54.8 Å². The van der Waals surface area contributed by atoms with E-state index in [-0.39, 0.29) is 22.9 Å². The molecule has 28 heavy (non-hydrogen) atoms. The lowest BCUT2D eigenvalue weighted by molar-refractivity contribution is 0.103. The van der Waals surface area contributed by atoms with Gasteiger partial charge in [-0.15, -0.1) is 0 Å². The second kappa shape index (κ2) is 7.60. The monoisotopic (exact) mass is 445 g/mol. The maximum absolute atomic E-state index is 15.2. The van der Waals surface area contributed by atoms with Crippen molar-refractivity contribution in [3.05, 3.63) is 52.3 Å². The number of carbonyl (C=O) groups excluding carboxylic acids is 1. The maximum Gasteiger partial charge on any atom is 0.228 e. The molecular weight excluding hydrogens is 425 g/mol. The summed E-state index contributed by atoms with van der Waals surface area (Å²) in [6, 6.07) is 7.31. The summed E-state index contributed by atoms with van der Waals surface area (Å²) in [5.41, 5.74) is 1.69. The third-order valence-corrected chi connectivity index (χ3v) is 5.75. The summed E-state index contributed by atoms with van der Waals surface area (Å²) in [5, 5.41) is 0. The highest BCUT2D eigenvalue weighted by molar-refractivity contribution is 9.10. The predicted octanol–water partition coefficient (Wildman–Crippen LogP) is 3.62. The van der Waals surface area contributed by atoms with Gasteiger partial charge in [-0.05, 0) is 67.1 Å². The molecule has 0 spiro atoms. The minimum atomic E-state index is -0.382. The van der Waals surface area contributed by atoms with E-state index in [9.17, 15) is 4.79 Å². The van der Waals surface area contributed by atoms with Crippen LogP contribution in [0.4, 0.5) is 10.1 Å². The quantitative estimate of drug-likeness (QED) is 0.490. The third-order valence-electron chi connectivity index (χ3n) is 5.31. The molecule has 1 N–H and O–H groups in total. The molecule has 0 amide bonds. The second-order valence-corrected chi connectivity index (χ2v) is 8.07. The average Bonchev–Trinajstić information content (AvgIpc) is 3.13. The fraction of sp³-hybridized carbons (Fsp3) is 0.350. The first-order valence-corrected chi connectivity index (χ1v) is 9.99. The van der Waals surface area contributed by atoms with E-state index in [0.29, 0.717) is 27.4 Å². The highest BCUT2D eigenvalue weighted by Gasteiger charge is 2.24. The predicted molar refractivity (Wildman–Crippen MR) is 110 cm³/mol.